The van der Waals surface area contributed by atoms with Crippen LogP contribution in [0.15, 0.2) is 24.4 Å². The lowest BCUT2D eigenvalue weighted by molar-refractivity contribution is 0.0989. The molecule has 2 aromatic rings. The van der Waals surface area contributed by atoms with Gasteiger partial charge >= 0.3 is 0 Å². The first-order valence-corrected chi connectivity index (χ1v) is 7.45. The Morgan fingerprint density at radius 1 is 1.35 bits per heavy atom. The number of carbonyl (C=O) groups is 1. The Balaban J connectivity index is 1.55. The summed E-state index contributed by atoms with van der Waals surface area (Å²) in [7, 11) is 0. The molecule has 1 aromatic heterocycles. The van der Waals surface area contributed by atoms with Gasteiger partial charge in [-0.1, -0.05) is 12.1 Å². The van der Waals surface area contributed by atoms with Gasteiger partial charge in [0.1, 0.15) is 0 Å². The van der Waals surface area contributed by atoms with Crippen LogP contribution in [0.2, 0.25) is 0 Å². The second-order valence-electron chi connectivity index (χ2n) is 5.64. The first-order chi connectivity index (χ1) is 11.2. The van der Waals surface area contributed by atoms with Gasteiger partial charge in [0.05, 0.1) is 5.69 Å². The van der Waals surface area contributed by atoms with Crippen molar-refractivity contribution in [2.75, 3.05) is 13.3 Å². The third-order valence-electron chi connectivity index (χ3n) is 4.12. The SMILES string of the molecule is NC(=O)c1ncc2c(n1)CN(Cc1cccc3c1OCO3)CC2. The zero-order valence-electron chi connectivity index (χ0n) is 12.5. The predicted octanol–water partition coefficient (Wildman–Crippen LogP) is 0.862. The molecule has 118 valence electrons. The normalized spacial score (nSPS) is 16.2. The summed E-state index contributed by atoms with van der Waals surface area (Å²) in [5.41, 5.74) is 8.29. The third-order valence-corrected chi connectivity index (χ3v) is 4.12. The number of para-hydroxylation sites is 1. The Kier molecular flexibility index (Phi) is 3.34. The number of benzene rings is 1. The summed E-state index contributed by atoms with van der Waals surface area (Å²) < 4.78 is 11.0. The van der Waals surface area contributed by atoms with Gasteiger partial charge in [0.15, 0.2) is 11.5 Å². The number of ether oxygens (including phenoxy) is 2. The van der Waals surface area contributed by atoms with Crippen LogP contribution in [0.3, 0.4) is 0 Å². The summed E-state index contributed by atoms with van der Waals surface area (Å²) >= 11 is 0. The van der Waals surface area contributed by atoms with E-state index in [1.807, 2.05) is 18.2 Å². The highest BCUT2D eigenvalue weighted by molar-refractivity contribution is 5.88. The summed E-state index contributed by atoms with van der Waals surface area (Å²) in [4.78, 5) is 21.8. The lowest BCUT2D eigenvalue weighted by Gasteiger charge is -2.28. The largest absolute Gasteiger partial charge is 0.454 e. The van der Waals surface area contributed by atoms with Gasteiger partial charge in [-0.3, -0.25) is 9.69 Å². The number of aromatic nitrogens is 2. The summed E-state index contributed by atoms with van der Waals surface area (Å²) in [6, 6.07) is 5.91. The molecule has 0 spiro atoms. The molecule has 4 rings (SSSR count). The maximum Gasteiger partial charge on any atom is 0.286 e. The number of nitrogens with two attached hydrogens (primary N) is 1. The molecule has 2 aliphatic heterocycles. The van der Waals surface area contributed by atoms with Crippen molar-refractivity contribution in [3.63, 3.8) is 0 Å². The lowest BCUT2D eigenvalue weighted by atomic mass is 10.1. The molecule has 0 saturated carbocycles. The van der Waals surface area contributed by atoms with Crippen LogP contribution in [0.25, 0.3) is 0 Å². The van der Waals surface area contributed by atoms with E-state index >= 15 is 0 Å². The molecule has 0 bridgehead atoms. The highest BCUT2D eigenvalue weighted by atomic mass is 16.7. The van der Waals surface area contributed by atoms with Crippen LogP contribution in [0.1, 0.15) is 27.4 Å². The van der Waals surface area contributed by atoms with Crippen molar-refractivity contribution in [1.82, 2.24) is 14.9 Å². The van der Waals surface area contributed by atoms with Gasteiger partial charge < -0.3 is 15.2 Å². The van der Waals surface area contributed by atoms with Crippen LogP contribution >= 0.6 is 0 Å². The molecule has 0 atom stereocenters. The molecule has 0 fully saturated rings. The number of nitrogens with zero attached hydrogens (tertiary/aromatic N) is 3. The van der Waals surface area contributed by atoms with Gasteiger partial charge in [-0.05, 0) is 18.1 Å². The van der Waals surface area contributed by atoms with Crippen LogP contribution < -0.4 is 15.2 Å². The Labute approximate surface area is 133 Å². The number of rotatable bonds is 3. The van der Waals surface area contributed by atoms with Gasteiger partial charge in [0.2, 0.25) is 12.6 Å². The van der Waals surface area contributed by atoms with Gasteiger partial charge in [-0.2, -0.15) is 0 Å². The van der Waals surface area contributed by atoms with Crippen molar-refractivity contribution in [2.24, 2.45) is 5.73 Å². The molecular formula is C16H16N4O3. The smallest absolute Gasteiger partial charge is 0.286 e. The topological polar surface area (TPSA) is 90.6 Å². The Hall–Kier alpha value is -2.67. The molecule has 7 nitrogen and oxygen atoms in total. The fraction of sp³-hybridized carbons (Fsp3) is 0.312. The summed E-state index contributed by atoms with van der Waals surface area (Å²) in [5, 5.41) is 0. The quantitative estimate of drug-likeness (QED) is 0.904. The zero-order valence-corrected chi connectivity index (χ0v) is 12.5. The van der Waals surface area contributed by atoms with E-state index in [0.29, 0.717) is 6.54 Å². The molecule has 2 N–H and O–H groups in total. The van der Waals surface area contributed by atoms with Crippen molar-refractivity contribution < 1.29 is 14.3 Å². The van der Waals surface area contributed by atoms with Crippen molar-refractivity contribution in [3.8, 4) is 11.5 Å². The van der Waals surface area contributed by atoms with E-state index in [1.165, 1.54) is 0 Å². The number of primary amides is 1. The van der Waals surface area contributed by atoms with E-state index in [0.717, 1.165) is 47.8 Å². The molecule has 0 radical (unpaired) electrons. The van der Waals surface area contributed by atoms with E-state index in [9.17, 15) is 4.79 Å². The highest BCUT2D eigenvalue weighted by Crippen LogP contribution is 2.36. The molecule has 23 heavy (non-hydrogen) atoms. The van der Waals surface area contributed by atoms with Crippen LogP contribution in [0, 0.1) is 0 Å². The van der Waals surface area contributed by atoms with E-state index in [2.05, 4.69) is 14.9 Å². The van der Waals surface area contributed by atoms with Gasteiger partial charge in [0, 0.05) is 31.4 Å². The van der Waals surface area contributed by atoms with Crippen molar-refractivity contribution in [1.29, 1.82) is 0 Å². The van der Waals surface area contributed by atoms with E-state index in [-0.39, 0.29) is 12.6 Å². The van der Waals surface area contributed by atoms with Crippen LogP contribution in [-0.4, -0.2) is 34.1 Å². The highest BCUT2D eigenvalue weighted by Gasteiger charge is 2.23. The maximum absolute atomic E-state index is 11.2. The van der Waals surface area contributed by atoms with Crippen LogP contribution in [0.5, 0.6) is 11.5 Å². The number of carbonyl (C=O) groups excluding carboxylic acids is 1. The fourth-order valence-corrected chi connectivity index (χ4v) is 2.97. The molecule has 0 aliphatic carbocycles. The van der Waals surface area contributed by atoms with Gasteiger partial charge in [0.25, 0.3) is 5.91 Å². The van der Waals surface area contributed by atoms with Crippen molar-refractivity contribution in [2.45, 2.75) is 19.5 Å². The van der Waals surface area contributed by atoms with Crippen LogP contribution in [-0.2, 0) is 19.5 Å². The molecule has 1 amide bonds. The van der Waals surface area contributed by atoms with Crippen molar-refractivity contribution in [3.05, 3.63) is 47.0 Å². The number of hydrogen-bond acceptors (Lipinski definition) is 6. The number of amides is 1. The Bertz CT molecular complexity index is 778. The van der Waals surface area contributed by atoms with Crippen LogP contribution in [0.4, 0.5) is 0 Å². The molecule has 3 heterocycles. The monoisotopic (exact) mass is 312 g/mol. The van der Waals surface area contributed by atoms with Gasteiger partial charge in [-0.15, -0.1) is 0 Å². The van der Waals surface area contributed by atoms with E-state index < -0.39 is 5.91 Å². The summed E-state index contributed by atoms with van der Waals surface area (Å²) in [6.07, 6.45) is 2.55. The third kappa shape index (κ3) is 2.59. The molecule has 1 aromatic carbocycles. The molecular weight excluding hydrogens is 296 g/mol. The average molecular weight is 312 g/mol. The van der Waals surface area contributed by atoms with E-state index in [4.69, 9.17) is 15.2 Å². The second-order valence-corrected chi connectivity index (χ2v) is 5.64. The molecule has 2 aliphatic rings. The predicted molar refractivity (Wildman–Crippen MR) is 80.9 cm³/mol. The maximum atomic E-state index is 11.2. The number of hydrogen-bond donors (Lipinski definition) is 1. The molecule has 7 heteroatoms. The first-order valence-electron chi connectivity index (χ1n) is 7.45. The Morgan fingerprint density at radius 3 is 3.13 bits per heavy atom. The average Bonchev–Trinajstić information content (AvgIpc) is 3.04. The fourth-order valence-electron chi connectivity index (χ4n) is 2.97. The summed E-state index contributed by atoms with van der Waals surface area (Å²) in [6.45, 7) is 2.56. The molecule has 0 unspecified atom stereocenters. The lowest BCUT2D eigenvalue weighted by Crippen LogP contribution is -2.32. The zero-order chi connectivity index (χ0) is 15.8. The summed E-state index contributed by atoms with van der Waals surface area (Å²) in [5.74, 6) is 1.08. The standard InChI is InChI=1S/C16H16N4O3/c17-15(21)16-18-6-10-4-5-20(8-12(10)19-16)7-11-2-1-3-13-14(11)23-9-22-13/h1-3,6H,4-5,7-9H2,(H2,17,21). The Morgan fingerprint density at radius 2 is 2.26 bits per heavy atom. The van der Waals surface area contributed by atoms with E-state index in [1.54, 1.807) is 6.20 Å². The minimum Gasteiger partial charge on any atom is -0.454 e. The molecule has 0 saturated heterocycles. The minimum atomic E-state index is -0.601. The number of fused-ring (bicyclic) bond motifs is 2. The van der Waals surface area contributed by atoms with Gasteiger partial charge in [-0.25, -0.2) is 9.97 Å². The minimum absolute atomic E-state index is 0.0722. The first kappa shape index (κ1) is 14.0. The second kappa shape index (κ2) is 5.51. The van der Waals surface area contributed by atoms with Crippen molar-refractivity contribution >= 4 is 5.91 Å².